The molecule has 0 saturated carbocycles. The topological polar surface area (TPSA) is 90.6 Å². The van der Waals surface area contributed by atoms with E-state index in [1.165, 1.54) is 11.3 Å². The van der Waals surface area contributed by atoms with Gasteiger partial charge in [0.2, 0.25) is 6.41 Å². The Bertz CT molecular complexity index is 839. The zero-order chi connectivity index (χ0) is 18.9. The zero-order valence-electron chi connectivity index (χ0n) is 14.7. The van der Waals surface area contributed by atoms with Crippen molar-refractivity contribution in [2.45, 2.75) is 6.61 Å². The Kier molecular flexibility index (Phi) is 6.32. The maximum atomic E-state index is 11.1. The van der Waals surface area contributed by atoms with E-state index in [0.29, 0.717) is 37.7 Å². The molecule has 0 unspecified atom stereocenters. The number of carbonyl (C=O) groups is 1. The van der Waals surface area contributed by atoms with E-state index in [4.69, 9.17) is 15.3 Å². The number of ether oxygens (including phenoxy) is 1. The van der Waals surface area contributed by atoms with Gasteiger partial charge in [0.15, 0.2) is 0 Å². The van der Waals surface area contributed by atoms with Crippen molar-refractivity contribution in [3.05, 3.63) is 72.6 Å². The van der Waals surface area contributed by atoms with Crippen LogP contribution in [-0.2, 0) is 16.2 Å². The number of nitrogens with zero attached hydrogens (tertiary/aromatic N) is 3. The third-order valence-electron chi connectivity index (χ3n) is 3.76. The summed E-state index contributed by atoms with van der Waals surface area (Å²) in [6.07, 6.45) is 3.79. The van der Waals surface area contributed by atoms with E-state index in [2.05, 4.69) is 9.97 Å². The van der Waals surface area contributed by atoms with Gasteiger partial charge in [0, 0.05) is 5.56 Å². The molecule has 1 aromatic heterocycles. The van der Waals surface area contributed by atoms with Gasteiger partial charge in [-0.2, -0.15) is 0 Å². The predicted molar refractivity (Wildman–Crippen MR) is 101 cm³/mol. The van der Waals surface area contributed by atoms with Crippen LogP contribution in [0.1, 0.15) is 5.56 Å². The molecule has 7 heteroatoms. The molecule has 27 heavy (non-hydrogen) atoms. The van der Waals surface area contributed by atoms with Gasteiger partial charge in [-0.05, 0) is 29.8 Å². The first-order valence-electron chi connectivity index (χ1n) is 8.44. The Morgan fingerprint density at radius 2 is 1.78 bits per heavy atom. The summed E-state index contributed by atoms with van der Waals surface area (Å²) in [5, 5.41) is 1.23. The smallest absolute Gasteiger partial charge is 0.233 e. The molecule has 1 amide bonds. The molecule has 0 bridgehead atoms. The average molecular weight is 364 g/mol. The lowest BCUT2D eigenvalue weighted by atomic mass is 10.1. The van der Waals surface area contributed by atoms with Crippen LogP contribution in [0.3, 0.4) is 0 Å². The molecule has 138 valence electrons. The van der Waals surface area contributed by atoms with Gasteiger partial charge in [-0.3, -0.25) is 14.6 Å². The van der Waals surface area contributed by atoms with E-state index in [1.54, 1.807) is 6.20 Å². The van der Waals surface area contributed by atoms with Crippen molar-refractivity contribution in [2.75, 3.05) is 18.9 Å². The Hall–Kier alpha value is -3.45. The van der Waals surface area contributed by atoms with Crippen molar-refractivity contribution in [3.63, 3.8) is 0 Å². The molecule has 1 heterocycles. The maximum absolute atomic E-state index is 11.1. The molecule has 0 radical (unpaired) electrons. The first-order chi connectivity index (χ1) is 13.2. The number of amides is 1. The molecule has 7 nitrogen and oxygen atoms in total. The van der Waals surface area contributed by atoms with E-state index in [9.17, 15) is 4.79 Å². The molecule has 0 atom stereocenters. The van der Waals surface area contributed by atoms with Gasteiger partial charge in [-0.25, -0.2) is 10.0 Å². The number of hydrogen-bond acceptors (Lipinski definition) is 6. The van der Waals surface area contributed by atoms with Gasteiger partial charge >= 0.3 is 0 Å². The molecule has 3 aromatic rings. The quantitative estimate of drug-likeness (QED) is 0.464. The summed E-state index contributed by atoms with van der Waals surface area (Å²) in [6, 6.07) is 17.1. The number of anilines is 1. The van der Waals surface area contributed by atoms with Crippen LogP contribution in [-0.4, -0.2) is 34.6 Å². The summed E-state index contributed by atoms with van der Waals surface area (Å²) in [5.74, 6) is 1.07. The molecule has 0 fully saturated rings. The second-order valence-electron chi connectivity index (χ2n) is 5.70. The monoisotopic (exact) mass is 364 g/mol. The van der Waals surface area contributed by atoms with E-state index in [1.807, 2.05) is 54.6 Å². The molecular formula is C20H20N4O3. The number of nitrogens with two attached hydrogens (primary N) is 1. The van der Waals surface area contributed by atoms with Gasteiger partial charge in [0.1, 0.15) is 24.8 Å². The summed E-state index contributed by atoms with van der Waals surface area (Å²) < 4.78 is 5.66. The summed E-state index contributed by atoms with van der Waals surface area (Å²) in [5.41, 5.74) is 8.18. The number of benzene rings is 2. The molecule has 0 aliphatic rings. The van der Waals surface area contributed by atoms with Gasteiger partial charge in [-0.1, -0.05) is 30.3 Å². The fourth-order valence-electron chi connectivity index (χ4n) is 2.34. The molecule has 0 spiro atoms. The molecule has 0 aliphatic carbocycles. The number of aromatic nitrogens is 2. The summed E-state index contributed by atoms with van der Waals surface area (Å²) in [6.45, 7) is 0.965. The van der Waals surface area contributed by atoms with E-state index in [-0.39, 0.29) is 0 Å². The molecule has 2 N–H and O–H groups in total. The Morgan fingerprint density at radius 1 is 1.00 bits per heavy atom. The molecule has 0 aliphatic heterocycles. The van der Waals surface area contributed by atoms with Gasteiger partial charge in [-0.15, -0.1) is 0 Å². The molecular weight excluding hydrogens is 344 g/mol. The van der Waals surface area contributed by atoms with Gasteiger partial charge in [0.25, 0.3) is 0 Å². The number of rotatable bonds is 9. The van der Waals surface area contributed by atoms with Crippen LogP contribution in [0.5, 0.6) is 5.75 Å². The van der Waals surface area contributed by atoms with Crippen LogP contribution < -0.4 is 10.5 Å². The van der Waals surface area contributed by atoms with Crippen LogP contribution in [0, 0.1) is 0 Å². The SMILES string of the molecule is Nc1cnc(-c2ccc(OCCN(C=O)OCc3ccccc3)cc2)cn1. The standard InChI is InChI=1S/C20H20N4O3/c21-20-13-22-19(12-23-20)17-6-8-18(9-7-17)26-11-10-24(15-25)27-14-16-4-2-1-3-5-16/h1-9,12-13,15H,10-11,14H2,(H2,21,23). The second kappa shape index (κ2) is 9.30. The third kappa shape index (κ3) is 5.52. The minimum Gasteiger partial charge on any atom is -0.492 e. The van der Waals surface area contributed by atoms with Crippen molar-refractivity contribution in [3.8, 4) is 17.0 Å². The minimum atomic E-state index is 0.314. The lowest BCUT2D eigenvalue weighted by Crippen LogP contribution is -2.27. The summed E-state index contributed by atoms with van der Waals surface area (Å²) in [7, 11) is 0. The van der Waals surface area contributed by atoms with Gasteiger partial charge < -0.3 is 10.5 Å². The van der Waals surface area contributed by atoms with Crippen molar-refractivity contribution in [2.24, 2.45) is 0 Å². The second-order valence-corrected chi connectivity index (χ2v) is 5.70. The lowest BCUT2D eigenvalue weighted by molar-refractivity contribution is -0.179. The number of carbonyl (C=O) groups excluding carboxylic acids is 1. The molecule has 2 aromatic carbocycles. The Labute approximate surface area is 157 Å². The third-order valence-corrected chi connectivity index (χ3v) is 3.76. The maximum Gasteiger partial charge on any atom is 0.233 e. The predicted octanol–water partition coefficient (Wildman–Crippen LogP) is 2.69. The van der Waals surface area contributed by atoms with Crippen LogP contribution in [0.2, 0.25) is 0 Å². The first-order valence-corrected chi connectivity index (χ1v) is 8.44. The highest BCUT2D eigenvalue weighted by atomic mass is 16.7. The zero-order valence-corrected chi connectivity index (χ0v) is 14.7. The Morgan fingerprint density at radius 3 is 2.44 bits per heavy atom. The fraction of sp³-hybridized carbons (Fsp3) is 0.150. The highest BCUT2D eigenvalue weighted by Crippen LogP contribution is 2.20. The average Bonchev–Trinajstić information content (AvgIpc) is 2.72. The molecule has 0 saturated heterocycles. The van der Waals surface area contributed by atoms with Crippen molar-refractivity contribution >= 4 is 12.2 Å². The minimum absolute atomic E-state index is 0.314. The first kappa shape index (κ1) is 18.3. The van der Waals surface area contributed by atoms with Crippen molar-refractivity contribution < 1.29 is 14.4 Å². The van der Waals surface area contributed by atoms with E-state index in [0.717, 1.165) is 16.8 Å². The normalized spacial score (nSPS) is 10.4. The summed E-state index contributed by atoms with van der Waals surface area (Å²) >= 11 is 0. The van der Waals surface area contributed by atoms with Crippen LogP contribution in [0.4, 0.5) is 5.82 Å². The highest BCUT2D eigenvalue weighted by Gasteiger charge is 2.05. The number of hydrogen-bond donors (Lipinski definition) is 1. The van der Waals surface area contributed by atoms with Crippen molar-refractivity contribution in [1.29, 1.82) is 0 Å². The number of nitrogen functional groups attached to an aromatic ring is 1. The summed E-state index contributed by atoms with van der Waals surface area (Å²) in [4.78, 5) is 24.8. The van der Waals surface area contributed by atoms with Crippen LogP contribution in [0.25, 0.3) is 11.3 Å². The van der Waals surface area contributed by atoms with E-state index >= 15 is 0 Å². The highest BCUT2D eigenvalue weighted by molar-refractivity contribution is 5.59. The van der Waals surface area contributed by atoms with Crippen LogP contribution >= 0.6 is 0 Å². The Balaban J connectivity index is 1.46. The molecule has 3 rings (SSSR count). The van der Waals surface area contributed by atoms with Crippen molar-refractivity contribution in [1.82, 2.24) is 15.0 Å². The number of hydroxylamine groups is 2. The fourth-order valence-corrected chi connectivity index (χ4v) is 2.34. The van der Waals surface area contributed by atoms with E-state index < -0.39 is 0 Å². The lowest BCUT2D eigenvalue weighted by Gasteiger charge is -2.17. The van der Waals surface area contributed by atoms with Gasteiger partial charge in [0.05, 0.1) is 24.6 Å². The van der Waals surface area contributed by atoms with Crippen LogP contribution in [0.15, 0.2) is 67.0 Å². The largest absolute Gasteiger partial charge is 0.492 e.